The molecule has 0 bridgehead atoms. The number of allylic oxidation sites excluding steroid dienone is 1. The van der Waals surface area contributed by atoms with Crippen molar-refractivity contribution in [1.82, 2.24) is 5.32 Å². The summed E-state index contributed by atoms with van der Waals surface area (Å²) in [4.78, 5) is 36.9. The van der Waals surface area contributed by atoms with E-state index in [1.807, 2.05) is 38.1 Å². The van der Waals surface area contributed by atoms with Crippen LogP contribution in [0, 0.1) is 5.92 Å². The summed E-state index contributed by atoms with van der Waals surface area (Å²) in [6.07, 6.45) is 5.89. The summed E-state index contributed by atoms with van der Waals surface area (Å²) < 4.78 is 15.6. The highest BCUT2D eigenvalue weighted by Crippen LogP contribution is 2.31. The number of amides is 1. The molecule has 1 aromatic heterocycles. The van der Waals surface area contributed by atoms with Crippen LogP contribution in [0.15, 0.2) is 51.8 Å². The first-order valence-corrected chi connectivity index (χ1v) is 12.3. The molecule has 1 aromatic carbocycles. The van der Waals surface area contributed by atoms with Crippen molar-refractivity contribution in [3.63, 3.8) is 0 Å². The highest BCUT2D eigenvalue weighted by Gasteiger charge is 2.29. The lowest BCUT2D eigenvalue weighted by Gasteiger charge is -2.20. The van der Waals surface area contributed by atoms with Gasteiger partial charge in [0, 0.05) is 24.1 Å². The molecule has 2 unspecified atom stereocenters. The molecule has 2 rings (SSSR count). The maximum Gasteiger partial charge on any atom is 0.410 e. The molecule has 0 radical (unpaired) electrons. The predicted molar refractivity (Wildman–Crippen MR) is 138 cm³/mol. The molecule has 0 spiro atoms. The van der Waals surface area contributed by atoms with Crippen LogP contribution >= 0.6 is 0 Å². The molecule has 196 valence electrons. The normalized spacial score (nSPS) is 13.7. The zero-order valence-electron chi connectivity index (χ0n) is 21.7. The van der Waals surface area contributed by atoms with Crippen LogP contribution in [-0.4, -0.2) is 30.7 Å². The number of methoxy groups -OCH3 is 1. The minimum absolute atomic E-state index is 0.190. The van der Waals surface area contributed by atoms with E-state index in [9.17, 15) is 19.5 Å². The van der Waals surface area contributed by atoms with Crippen LogP contribution in [0.4, 0.5) is 4.79 Å². The van der Waals surface area contributed by atoms with Crippen LogP contribution in [0.5, 0.6) is 11.5 Å². The van der Waals surface area contributed by atoms with Gasteiger partial charge in [0.15, 0.2) is 5.78 Å². The Kier molecular flexibility index (Phi) is 11.2. The minimum atomic E-state index is -0.844. The number of hydrogen-bond donors (Lipinski definition) is 2. The quantitative estimate of drug-likeness (QED) is 0.260. The molecule has 0 saturated heterocycles. The number of hydrogen-bond acceptors (Lipinski definition) is 7. The van der Waals surface area contributed by atoms with Gasteiger partial charge in [-0.05, 0) is 42.9 Å². The summed E-state index contributed by atoms with van der Waals surface area (Å²) in [6, 6.07) is 8.92. The average Bonchev–Trinajstić information content (AvgIpc) is 2.87. The number of carbonyl (C=O) groups is 2. The van der Waals surface area contributed by atoms with Gasteiger partial charge in [0.1, 0.15) is 22.8 Å². The van der Waals surface area contributed by atoms with Crippen molar-refractivity contribution in [3.05, 3.63) is 69.9 Å². The molecule has 8 nitrogen and oxygen atoms in total. The SMILES string of the molecule is CCCCOc1ccc([C@@H](C)C(C)C(=O)c2c(O)cc(C(C)CC/C=C/NC(=O)OC)oc2=O)cc1. The van der Waals surface area contributed by atoms with E-state index in [0.29, 0.717) is 25.2 Å². The second-order valence-electron chi connectivity index (χ2n) is 8.93. The van der Waals surface area contributed by atoms with E-state index in [2.05, 4.69) is 17.0 Å². The Morgan fingerprint density at radius 1 is 1.17 bits per heavy atom. The topological polar surface area (TPSA) is 115 Å². The van der Waals surface area contributed by atoms with Gasteiger partial charge in [-0.25, -0.2) is 9.59 Å². The lowest BCUT2D eigenvalue weighted by Crippen LogP contribution is -2.24. The molecule has 8 heteroatoms. The summed E-state index contributed by atoms with van der Waals surface area (Å²) in [5.41, 5.74) is -0.238. The molecule has 0 aliphatic rings. The fourth-order valence-corrected chi connectivity index (χ4v) is 3.67. The summed E-state index contributed by atoms with van der Waals surface area (Å²) >= 11 is 0. The summed E-state index contributed by atoms with van der Waals surface area (Å²) in [7, 11) is 1.28. The molecular formula is C28H37NO7. The van der Waals surface area contributed by atoms with Crippen LogP contribution in [0.2, 0.25) is 0 Å². The fraction of sp³-hybridized carbons (Fsp3) is 0.464. The Labute approximate surface area is 212 Å². The van der Waals surface area contributed by atoms with E-state index >= 15 is 0 Å². The Morgan fingerprint density at radius 3 is 2.47 bits per heavy atom. The minimum Gasteiger partial charge on any atom is -0.507 e. The molecule has 0 aliphatic heterocycles. The zero-order chi connectivity index (χ0) is 26.7. The number of ether oxygens (including phenoxy) is 2. The van der Waals surface area contributed by atoms with E-state index in [-0.39, 0.29) is 23.1 Å². The fourth-order valence-electron chi connectivity index (χ4n) is 3.67. The van der Waals surface area contributed by atoms with E-state index in [1.54, 1.807) is 13.0 Å². The zero-order valence-corrected chi connectivity index (χ0v) is 21.7. The van der Waals surface area contributed by atoms with Gasteiger partial charge in [-0.3, -0.25) is 10.1 Å². The number of aromatic hydroxyl groups is 1. The number of ketones is 1. The van der Waals surface area contributed by atoms with Crippen molar-refractivity contribution in [2.24, 2.45) is 5.92 Å². The number of Topliss-reactive ketones (excluding diaryl/α,β-unsaturated/α-hetero) is 1. The molecule has 0 aliphatic carbocycles. The highest BCUT2D eigenvalue weighted by molar-refractivity contribution is 6.00. The van der Waals surface area contributed by atoms with Crippen LogP contribution in [0.1, 0.15) is 86.9 Å². The maximum absolute atomic E-state index is 13.1. The van der Waals surface area contributed by atoms with Gasteiger partial charge in [0.25, 0.3) is 0 Å². The van der Waals surface area contributed by atoms with Crippen LogP contribution in [0.3, 0.4) is 0 Å². The van der Waals surface area contributed by atoms with Gasteiger partial charge < -0.3 is 19.0 Å². The van der Waals surface area contributed by atoms with E-state index in [4.69, 9.17) is 9.15 Å². The first kappa shape index (κ1) is 28.7. The van der Waals surface area contributed by atoms with Crippen molar-refractivity contribution in [2.45, 2.75) is 65.2 Å². The average molecular weight is 500 g/mol. The molecule has 3 atom stereocenters. The summed E-state index contributed by atoms with van der Waals surface area (Å²) in [5, 5.41) is 13.0. The van der Waals surface area contributed by atoms with Gasteiger partial charge in [-0.15, -0.1) is 0 Å². The number of rotatable bonds is 13. The monoisotopic (exact) mass is 499 g/mol. The Morgan fingerprint density at radius 2 is 1.86 bits per heavy atom. The predicted octanol–water partition coefficient (Wildman–Crippen LogP) is 5.90. The smallest absolute Gasteiger partial charge is 0.410 e. The molecular weight excluding hydrogens is 462 g/mol. The molecule has 1 heterocycles. The molecule has 2 aromatic rings. The standard InChI is InChI=1S/C28H37NO7/c1-6-7-16-35-22-13-11-21(12-14-22)19(3)20(4)26(31)25-23(30)17-24(36-27(25)32)18(2)10-8-9-15-29-28(33)34-5/h9,11-15,17-20,30H,6-8,10,16H2,1-5H3,(H,29,33)/b15-9+/t18?,19-,20?/m0/s1. The maximum atomic E-state index is 13.1. The van der Waals surface area contributed by atoms with Gasteiger partial charge in [-0.2, -0.15) is 0 Å². The molecule has 2 N–H and O–H groups in total. The largest absolute Gasteiger partial charge is 0.507 e. The van der Waals surface area contributed by atoms with E-state index < -0.39 is 23.4 Å². The highest BCUT2D eigenvalue weighted by atomic mass is 16.5. The third-order valence-electron chi connectivity index (χ3n) is 6.29. The third-order valence-corrected chi connectivity index (χ3v) is 6.29. The number of unbranched alkanes of at least 4 members (excludes halogenated alkanes) is 1. The van der Waals surface area contributed by atoms with Gasteiger partial charge >= 0.3 is 11.7 Å². The lowest BCUT2D eigenvalue weighted by molar-refractivity contribution is 0.0907. The van der Waals surface area contributed by atoms with Gasteiger partial charge in [-0.1, -0.05) is 52.3 Å². The van der Waals surface area contributed by atoms with Crippen molar-refractivity contribution in [2.75, 3.05) is 13.7 Å². The van der Waals surface area contributed by atoms with Crippen molar-refractivity contribution < 1.29 is 28.6 Å². The van der Waals surface area contributed by atoms with Crippen LogP contribution in [-0.2, 0) is 4.74 Å². The Balaban J connectivity index is 2.06. The first-order chi connectivity index (χ1) is 17.2. The number of benzene rings is 1. The molecule has 36 heavy (non-hydrogen) atoms. The van der Waals surface area contributed by atoms with Gasteiger partial charge in [0.05, 0.1) is 13.7 Å². The molecule has 0 fully saturated rings. The second kappa shape index (κ2) is 14.1. The van der Waals surface area contributed by atoms with E-state index in [0.717, 1.165) is 24.2 Å². The third kappa shape index (κ3) is 8.00. The number of carbonyl (C=O) groups excluding carboxylic acids is 2. The van der Waals surface area contributed by atoms with Crippen LogP contribution < -0.4 is 15.7 Å². The summed E-state index contributed by atoms with van der Waals surface area (Å²) in [6.45, 7) is 8.26. The van der Waals surface area contributed by atoms with Crippen LogP contribution in [0.25, 0.3) is 0 Å². The summed E-state index contributed by atoms with van der Waals surface area (Å²) in [5.74, 6) is -0.705. The van der Waals surface area contributed by atoms with Crippen molar-refractivity contribution >= 4 is 11.9 Å². The molecule has 1 amide bonds. The Hall–Kier alpha value is -3.55. The Bertz CT molecular complexity index is 1090. The van der Waals surface area contributed by atoms with Crippen molar-refractivity contribution in [3.8, 4) is 11.5 Å². The lowest BCUT2D eigenvalue weighted by atomic mass is 9.84. The van der Waals surface area contributed by atoms with Crippen molar-refractivity contribution in [1.29, 1.82) is 0 Å². The van der Waals surface area contributed by atoms with Gasteiger partial charge in [0.2, 0.25) is 0 Å². The number of nitrogens with one attached hydrogen (secondary N) is 1. The van der Waals surface area contributed by atoms with E-state index in [1.165, 1.54) is 19.4 Å². The number of alkyl carbamates (subject to hydrolysis) is 1. The first-order valence-electron chi connectivity index (χ1n) is 12.3. The molecule has 0 saturated carbocycles. The second-order valence-corrected chi connectivity index (χ2v) is 8.93.